The normalized spacial score (nSPS) is 15.1. The number of hydrogen-bond acceptors (Lipinski definition) is 4. The summed E-state index contributed by atoms with van der Waals surface area (Å²) in [6.45, 7) is 0.647. The Balaban J connectivity index is 0. The van der Waals surface area contributed by atoms with E-state index in [0.29, 0.717) is 0 Å². The molecule has 6 heteroatoms. The average Bonchev–Trinajstić information content (AvgIpc) is 1.64. The van der Waals surface area contributed by atoms with Crippen LogP contribution in [0.3, 0.4) is 0 Å². The maximum absolute atomic E-state index is 9.86. The van der Waals surface area contributed by atoms with Crippen molar-refractivity contribution >= 4 is 0 Å². The molecule has 2 unspecified atom stereocenters. The summed E-state index contributed by atoms with van der Waals surface area (Å²) >= 11 is 0. The number of aliphatic hydroxyl groups excluding tert-OH is 2. The molecule has 0 aliphatic heterocycles. The summed E-state index contributed by atoms with van der Waals surface area (Å²) < 4.78 is 0. The van der Waals surface area contributed by atoms with Crippen molar-refractivity contribution in [2.75, 3.05) is 6.61 Å². The fourth-order valence-electron chi connectivity index (χ4n) is 0.395. The van der Waals surface area contributed by atoms with E-state index in [0.717, 1.165) is 0 Å². The molecular formula is C4H11NO5. The van der Waals surface area contributed by atoms with Gasteiger partial charge in [-0.05, 0) is 6.92 Å². The Morgan fingerprint density at radius 2 is 2.10 bits per heavy atom. The van der Waals surface area contributed by atoms with Crippen molar-refractivity contribution in [3.63, 3.8) is 0 Å². The molecule has 0 spiro atoms. The summed E-state index contributed by atoms with van der Waals surface area (Å²) in [4.78, 5) is 9.15. The molecule has 0 aromatic rings. The third-order valence-electron chi connectivity index (χ3n) is 1.01. The van der Waals surface area contributed by atoms with E-state index in [-0.39, 0.29) is 5.48 Å². The molecule has 6 nitrogen and oxygen atoms in total. The van der Waals surface area contributed by atoms with E-state index in [4.69, 9.17) is 10.2 Å². The fraction of sp³-hybridized carbons (Fsp3) is 1.00. The Labute approximate surface area is 57.6 Å². The molecule has 0 radical (unpaired) electrons. The second kappa shape index (κ2) is 5.10. The lowest BCUT2D eigenvalue weighted by atomic mass is 10.2. The Hall–Kier alpha value is -0.720. The van der Waals surface area contributed by atoms with Crippen molar-refractivity contribution in [1.82, 2.24) is 0 Å². The summed E-state index contributed by atoms with van der Waals surface area (Å²) in [6.07, 6.45) is -1.09. The van der Waals surface area contributed by atoms with E-state index in [1.165, 1.54) is 6.92 Å². The molecule has 0 aromatic carbocycles. The highest BCUT2D eigenvalue weighted by Gasteiger charge is 2.24. The van der Waals surface area contributed by atoms with Crippen LogP contribution in [-0.4, -0.2) is 39.4 Å². The average molecular weight is 153 g/mol. The van der Waals surface area contributed by atoms with E-state index >= 15 is 0 Å². The van der Waals surface area contributed by atoms with Gasteiger partial charge >= 0.3 is 0 Å². The van der Waals surface area contributed by atoms with Crippen LogP contribution in [0.15, 0.2) is 0 Å². The van der Waals surface area contributed by atoms with Crippen LogP contribution in [0.4, 0.5) is 0 Å². The van der Waals surface area contributed by atoms with Gasteiger partial charge in [0.25, 0.3) is 6.04 Å². The molecule has 10 heavy (non-hydrogen) atoms. The van der Waals surface area contributed by atoms with Crippen LogP contribution in [0.2, 0.25) is 0 Å². The van der Waals surface area contributed by atoms with Gasteiger partial charge < -0.3 is 15.7 Å². The van der Waals surface area contributed by atoms with Gasteiger partial charge in [-0.2, -0.15) is 0 Å². The zero-order chi connectivity index (χ0) is 7.44. The summed E-state index contributed by atoms with van der Waals surface area (Å²) in [5.41, 5.74) is 0. The molecule has 0 aliphatic rings. The van der Waals surface area contributed by atoms with Crippen molar-refractivity contribution < 1.29 is 20.6 Å². The first-order chi connectivity index (χ1) is 4.09. The first-order valence-corrected chi connectivity index (χ1v) is 2.52. The van der Waals surface area contributed by atoms with Crippen LogP contribution in [0, 0.1) is 10.1 Å². The third-order valence-corrected chi connectivity index (χ3v) is 1.01. The van der Waals surface area contributed by atoms with E-state index < -0.39 is 23.7 Å². The highest BCUT2D eigenvalue weighted by molar-refractivity contribution is 4.59. The molecule has 0 aromatic heterocycles. The number of nitrogens with zero attached hydrogens (tertiary/aromatic N) is 1. The minimum Gasteiger partial charge on any atom is -0.412 e. The molecule has 0 aliphatic carbocycles. The highest BCUT2D eigenvalue weighted by Crippen LogP contribution is 1.94. The van der Waals surface area contributed by atoms with Crippen molar-refractivity contribution in [1.29, 1.82) is 0 Å². The van der Waals surface area contributed by atoms with Crippen molar-refractivity contribution in [2.24, 2.45) is 0 Å². The third kappa shape index (κ3) is 3.33. The second-order valence-corrected chi connectivity index (χ2v) is 1.78. The predicted molar refractivity (Wildman–Crippen MR) is 33.2 cm³/mol. The van der Waals surface area contributed by atoms with Gasteiger partial charge in [0.2, 0.25) is 0 Å². The number of rotatable bonds is 3. The largest absolute Gasteiger partial charge is 0.412 e. The van der Waals surface area contributed by atoms with Crippen molar-refractivity contribution in [3.8, 4) is 0 Å². The van der Waals surface area contributed by atoms with Gasteiger partial charge in [0.05, 0.1) is 0 Å². The predicted octanol–water partition coefficient (Wildman–Crippen LogP) is -1.82. The second-order valence-electron chi connectivity index (χ2n) is 1.78. The fourth-order valence-corrected chi connectivity index (χ4v) is 0.395. The van der Waals surface area contributed by atoms with E-state index in [9.17, 15) is 10.1 Å². The molecule has 0 bridgehead atoms. The summed E-state index contributed by atoms with van der Waals surface area (Å²) in [5.74, 6) is 0. The number of nitro groups is 1. The maximum atomic E-state index is 9.86. The van der Waals surface area contributed by atoms with Crippen LogP contribution in [0.5, 0.6) is 0 Å². The lowest BCUT2D eigenvalue weighted by molar-refractivity contribution is -0.536. The number of aliphatic hydroxyl groups is 2. The van der Waals surface area contributed by atoms with Gasteiger partial charge in [0, 0.05) is 4.92 Å². The zero-order valence-electron chi connectivity index (χ0n) is 5.52. The van der Waals surface area contributed by atoms with E-state index in [1.807, 2.05) is 0 Å². The van der Waals surface area contributed by atoms with Crippen molar-refractivity contribution in [2.45, 2.75) is 19.1 Å². The van der Waals surface area contributed by atoms with Crippen LogP contribution >= 0.6 is 0 Å². The van der Waals surface area contributed by atoms with Crippen molar-refractivity contribution in [3.05, 3.63) is 10.1 Å². The monoisotopic (exact) mass is 153 g/mol. The maximum Gasteiger partial charge on any atom is 0.260 e. The topological polar surface area (TPSA) is 115 Å². The minimum atomic E-state index is -1.25. The first kappa shape index (κ1) is 12.0. The van der Waals surface area contributed by atoms with E-state index in [2.05, 4.69) is 0 Å². The van der Waals surface area contributed by atoms with Gasteiger partial charge in [-0.1, -0.05) is 0 Å². The lowest BCUT2D eigenvalue weighted by Gasteiger charge is -2.07. The molecule has 0 heterocycles. The Kier molecular flexibility index (Phi) is 6.12. The molecular weight excluding hydrogens is 142 g/mol. The molecule has 62 valence electrons. The van der Waals surface area contributed by atoms with Gasteiger partial charge in [-0.3, -0.25) is 10.1 Å². The first-order valence-electron chi connectivity index (χ1n) is 2.52. The standard InChI is InChI=1S/C4H9NO4.H2O/c1-3(7)4(2-6)5(8)9;/h3-4,6-7H,2H2,1H3;1H2. The quantitative estimate of drug-likeness (QED) is 0.367. The Morgan fingerprint density at radius 3 is 2.10 bits per heavy atom. The molecule has 0 saturated carbocycles. The highest BCUT2D eigenvalue weighted by atomic mass is 16.6. The van der Waals surface area contributed by atoms with Gasteiger partial charge in [0.1, 0.15) is 12.7 Å². The lowest BCUT2D eigenvalue weighted by Crippen LogP contribution is -2.34. The molecule has 0 saturated heterocycles. The summed E-state index contributed by atoms with van der Waals surface area (Å²) in [7, 11) is 0. The van der Waals surface area contributed by atoms with Crippen LogP contribution < -0.4 is 0 Å². The van der Waals surface area contributed by atoms with Gasteiger partial charge in [-0.15, -0.1) is 0 Å². The minimum absolute atomic E-state index is 0. The summed E-state index contributed by atoms with van der Waals surface area (Å²) in [5, 5.41) is 26.7. The Morgan fingerprint density at radius 1 is 1.70 bits per heavy atom. The number of hydrogen-bond donors (Lipinski definition) is 2. The van der Waals surface area contributed by atoms with Crippen LogP contribution in [0.1, 0.15) is 6.92 Å². The zero-order valence-corrected chi connectivity index (χ0v) is 5.52. The molecule has 4 N–H and O–H groups in total. The van der Waals surface area contributed by atoms with Gasteiger partial charge in [0.15, 0.2) is 0 Å². The molecule has 2 atom stereocenters. The van der Waals surface area contributed by atoms with Gasteiger partial charge in [-0.25, -0.2) is 0 Å². The molecule has 0 fully saturated rings. The van der Waals surface area contributed by atoms with Crippen LogP contribution in [0.25, 0.3) is 0 Å². The summed E-state index contributed by atoms with van der Waals surface area (Å²) in [6, 6.07) is -1.25. The van der Waals surface area contributed by atoms with Crippen LogP contribution in [-0.2, 0) is 0 Å². The molecule has 0 amide bonds. The van der Waals surface area contributed by atoms with E-state index in [1.54, 1.807) is 0 Å². The molecule has 0 rings (SSSR count). The smallest absolute Gasteiger partial charge is 0.260 e. The SMILES string of the molecule is CC(O)C(CO)[N+](=O)[O-].O. The Bertz CT molecular complexity index is 104.